The van der Waals surface area contributed by atoms with Gasteiger partial charge in [-0.1, -0.05) is 30.0 Å². The molecule has 4 rings (SSSR count). The number of rotatable bonds is 9. The van der Waals surface area contributed by atoms with E-state index in [4.69, 9.17) is 9.47 Å². The number of benzene rings is 1. The van der Waals surface area contributed by atoms with Crippen molar-refractivity contribution < 1.29 is 33.0 Å². The number of carbonyl (C=O) groups excluding carboxylic acids is 4. The number of nitrogens with zero attached hydrogens (tertiary/aromatic N) is 3. The Balaban J connectivity index is 1.71. The van der Waals surface area contributed by atoms with E-state index in [9.17, 15) is 23.6 Å². The van der Waals surface area contributed by atoms with Gasteiger partial charge < -0.3 is 9.47 Å². The minimum atomic E-state index is -0.786. The molecule has 0 radical (unpaired) electrons. The first kappa shape index (κ1) is 31.6. The van der Waals surface area contributed by atoms with Crippen LogP contribution in [0.2, 0.25) is 0 Å². The van der Waals surface area contributed by atoms with Crippen molar-refractivity contribution in [2.24, 2.45) is 5.92 Å². The fourth-order valence-corrected chi connectivity index (χ4v) is 5.96. The van der Waals surface area contributed by atoms with Gasteiger partial charge in [0.25, 0.3) is 0 Å². The first-order valence-electron chi connectivity index (χ1n) is 14.2. The lowest BCUT2D eigenvalue weighted by Gasteiger charge is -2.38. The van der Waals surface area contributed by atoms with Crippen LogP contribution in [0.15, 0.2) is 35.9 Å². The Morgan fingerprint density at radius 1 is 1.17 bits per heavy atom. The van der Waals surface area contributed by atoms with Crippen LogP contribution in [0.5, 0.6) is 0 Å². The van der Waals surface area contributed by atoms with Crippen LogP contribution in [-0.2, 0) is 30.3 Å². The van der Waals surface area contributed by atoms with Crippen LogP contribution < -0.4 is 0 Å². The maximum atomic E-state index is 15.0. The highest BCUT2D eigenvalue weighted by Crippen LogP contribution is 2.40. The van der Waals surface area contributed by atoms with Crippen LogP contribution >= 0.6 is 11.8 Å². The smallest absolute Gasteiger partial charge is 0.435 e. The average molecular weight is 600 g/mol. The summed E-state index contributed by atoms with van der Waals surface area (Å²) < 4.78 is 26.6. The lowest BCUT2D eigenvalue weighted by atomic mass is 9.93. The molecule has 9 nitrogen and oxygen atoms in total. The summed E-state index contributed by atoms with van der Waals surface area (Å²) in [5.41, 5.74) is 1.06. The summed E-state index contributed by atoms with van der Waals surface area (Å²) in [7, 11) is 0. The molecule has 2 aromatic rings. The third kappa shape index (κ3) is 8.16. The summed E-state index contributed by atoms with van der Waals surface area (Å²) in [5, 5.41) is 4.20. The fraction of sp³-hybridized carbons (Fsp3) is 0.516. The summed E-state index contributed by atoms with van der Waals surface area (Å²) in [6.07, 6.45) is 3.01. The van der Waals surface area contributed by atoms with Crippen LogP contribution in [-0.4, -0.2) is 68.2 Å². The molecule has 42 heavy (non-hydrogen) atoms. The van der Waals surface area contributed by atoms with Gasteiger partial charge in [-0.3, -0.25) is 19.3 Å². The zero-order valence-corrected chi connectivity index (χ0v) is 25.5. The van der Waals surface area contributed by atoms with Gasteiger partial charge in [0.2, 0.25) is 0 Å². The van der Waals surface area contributed by atoms with Crippen molar-refractivity contribution in [3.8, 4) is 0 Å². The lowest BCUT2D eigenvalue weighted by molar-refractivity contribution is -0.142. The fourth-order valence-electron chi connectivity index (χ4n) is 5.05. The highest BCUT2D eigenvalue weighted by Gasteiger charge is 2.41. The number of ketones is 1. The van der Waals surface area contributed by atoms with Gasteiger partial charge in [-0.25, -0.2) is 9.18 Å². The SMILES string of the molecule is CCOC(=O)Cc1cc(/C=C2\CN(C(C(=O)C3CC3)c3ccccc3F)CCC2SC(C)=O)nn1C(=O)OC(C)(C)C. The van der Waals surface area contributed by atoms with Crippen LogP contribution in [0.1, 0.15) is 76.9 Å². The molecule has 2 unspecified atom stereocenters. The summed E-state index contributed by atoms with van der Waals surface area (Å²) in [6, 6.07) is 7.23. The molecule has 2 fully saturated rings. The molecule has 1 aromatic carbocycles. The van der Waals surface area contributed by atoms with Crippen molar-refractivity contribution in [3.05, 3.63) is 58.7 Å². The van der Waals surface area contributed by atoms with Crippen LogP contribution in [0.4, 0.5) is 9.18 Å². The molecular weight excluding hydrogens is 561 g/mol. The number of piperidine rings is 1. The predicted octanol–water partition coefficient (Wildman–Crippen LogP) is 5.37. The van der Waals surface area contributed by atoms with E-state index in [1.54, 1.807) is 58.0 Å². The Hall–Kier alpha value is -3.31. The van der Waals surface area contributed by atoms with E-state index in [1.165, 1.54) is 24.8 Å². The molecular formula is C31H38FN3O6S. The highest BCUT2D eigenvalue weighted by molar-refractivity contribution is 8.14. The zero-order valence-electron chi connectivity index (χ0n) is 24.7. The third-order valence-electron chi connectivity index (χ3n) is 6.93. The largest absolute Gasteiger partial charge is 0.466 e. The third-order valence-corrected chi connectivity index (χ3v) is 8.09. The Morgan fingerprint density at radius 3 is 2.50 bits per heavy atom. The van der Waals surface area contributed by atoms with Gasteiger partial charge >= 0.3 is 12.1 Å². The minimum absolute atomic E-state index is 0.00282. The summed E-state index contributed by atoms with van der Waals surface area (Å²) in [5.74, 6) is -1.02. The van der Waals surface area contributed by atoms with E-state index in [1.807, 2.05) is 4.90 Å². The van der Waals surface area contributed by atoms with Crippen molar-refractivity contribution in [2.75, 3.05) is 19.7 Å². The number of aromatic nitrogens is 2. The molecule has 2 atom stereocenters. The standard InChI is InChI=1S/C31H38FN3O6S/c1-6-40-27(37)17-23-16-22(33-35(23)30(39)41-31(3,4)5)15-21-18-34(14-13-26(21)42-19(2)36)28(29(38)20-11-12-20)24-9-7-8-10-25(24)32/h7-10,15-16,20,26,28H,6,11-14,17-18H2,1-5H3/b21-15+. The average Bonchev–Trinajstić information content (AvgIpc) is 3.67. The van der Waals surface area contributed by atoms with E-state index in [2.05, 4.69) is 5.10 Å². The number of ether oxygens (including phenoxy) is 2. The Kier molecular flexibility index (Phi) is 10.0. The molecule has 1 aliphatic heterocycles. The number of halogens is 1. The van der Waals surface area contributed by atoms with Gasteiger partial charge in [0.1, 0.15) is 11.4 Å². The Labute approximate surface area is 249 Å². The van der Waals surface area contributed by atoms with Crippen molar-refractivity contribution in [2.45, 2.75) is 77.2 Å². The maximum absolute atomic E-state index is 15.0. The lowest BCUT2D eigenvalue weighted by Crippen LogP contribution is -2.43. The predicted molar refractivity (Wildman–Crippen MR) is 157 cm³/mol. The first-order chi connectivity index (χ1) is 19.9. The Morgan fingerprint density at radius 2 is 1.88 bits per heavy atom. The molecule has 0 spiro atoms. The van der Waals surface area contributed by atoms with E-state index >= 15 is 0 Å². The van der Waals surface area contributed by atoms with Crippen molar-refractivity contribution in [1.82, 2.24) is 14.7 Å². The second-order valence-corrected chi connectivity index (χ2v) is 13.0. The zero-order chi connectivity index (χ0) is 30.6. The molecule has 1 aliphatic carbocycles. The van der Waals surface area contributed by atoms with Crippen molar-refractivity contribution in [3.63, 3.8) is 0 Å². The number of Topliss-reactive ketones (excluding diaryl/α,β-unsaturated/α-hetero) is 1. The molecule has 0 N–H and O–H groups in total. The number of hydrogen-bond acceptors (Lipinski definition) is 9. The van der Waals surface area contributed by atoms with Gasteiger partial charge in [-0.2, -0.15) is 9.78 Å². The van der Waals surface area contributed by atoms with E-state index in [-0.39, 0.29) is 35.1 Å². The number of hydrogen-bond donors (Lipinski definition) is 0. The molecule has 1 aromatic heterocycles. The maximum Gasteiger partial charge on any atom is 0.435 e. The summed E-state index contributed by atoms with van der Waals surface area (Å²) in [4.78, 5) is 52.9. The molecule has 11 heteroatoms. The normalized spacial score (nSPS) is 19.4. The van der Waals surface area contributed by atoms with Crippen LogP contribution in [0.3, 0.4) is 0 Å². The molecule has 2 heterocycles. The molecule has 0 bridgehead atoms. The number of esters is 1. The number of thioether (sulfide) groups is 1. The van der Waals surface area contributed by atoms with E-state index in [0.717, 1.165) is 23.1 Å². The van der Waals surface area contributed by atoms with Crippen molar-refractivity contribution in [1.29, 1.82) is 0 Å². The quantitative estimate of drug-likeness (QED) is 0.352. The van der Waals surface area contributed by atoms with Crippen LogP contribution in [0.25, 0.3) is 6.08 Å². The molecule has 0 amide bonds. The van der Waals surface area contributed by atoms with E-state index < -0.39 is 29.5 Å². The topological polar surface area (TPSA) is 108 Å². The summed E-state index contributed by atoms with van der Waals surface area (Å²) in [6.45, 7) is 9.39. The van der Waals surface area contributed by atoms with Gasteiger partial charge in [0.15, 0.2) is 10.9 Å². The number of likely N-dealkylation sites (tertiary alicyclic amines) is 1. The van der Waals surface area contributed by atoms with E-state index in [0.29, 0.717) is 36.5 Å². The summed E-state index contributed by atoms with van der Waals surface area (Å²) >= 11 is 1.19. The number of carbonyl (C=O) groups is 4. The molecule has 1 saturated carbocycles. The Bertz CT molecular complexity index is 1380. The second kappa shape index (κ2) is 13.3. The van der Waals surface area contributed by atoms with Gasteiger partial charge in [-0.05, 0) is 70.7 Å². The molecule has 226 valence electrons. The van der Waals surface area contributed by atoms with Gasteiger partial charge in [-0.15, -0.1) is 0 Å². The molecule has 2 aliphatic rings. The van der Waals surface area contributed by atoms with Crippen molar-refractivity contribution >= 4 is 40.8 Å². The highest BCUT2D eigenvalue weighted by atomic mass is 32.2. The minimum Gasteiger partial charge on any atom is -0.466 e. The van der Waals surface area contributed by atoms with Gasteiger partial charge in [0.05, 0.1) is 30.5 Å². The van der Waals surface area contributed by atoms with Crippen LogP contribution in [0, 0.1) is 11.7 Å². The monoisotopic (exact) mass is 599 g/mol. The van der Waals surface area contributed by atoms with Gasteiger partial charge in [0, 0.05) is 36.7 Å². The molecule has 1 saturated heterocycles. The second-order valence-electron chi connectivity index (χ2n) is 11.6. The first-order valence-corrected chi connectivity index (χ1v) is 15.1.